The van der Waals surface area contributed by atoms with Crippen LogP contribution in [0.5, 0.6) is 0 Å². The topological polar surface area (TPSA) is 25.8 Å². The van der Waals surface area contributed by atoms with Crippen molar-refractivity contribution in [2.45, 2.75) is 6.92 Å². The maximum atomic E-state index is 4.78. The zero-order valence-electron chi connectivity index (χ0n) is 11.7. The first kappa shape index (κ1) is 12.0. The molecule has 0 radical (unpaired) electrons. The fraction of sp³-hybridized carbons (Fsp3) is 0.0526. The number of aromatic nitrogens is 2. The number of benzene rings is 2. The van der Waals surface area contributed by atoms with Crippen molar-refractivity contribution < 1.29 is 0 Å². The number of hydrogen-bond acceptors (Lipinski definition) is 2. The van der Waals surface area contributed by atoms with Gasteiger partial charge in [-0.3, -0.25) is 4.98 Å². The van der Waals surface area contributed by atoms with E-state index in [1.165, 1.54) is 11.1 Å². The third kappa shape index (κ3) is 1.96. The van der Waals surface area contributed by atoms with Crippen LogP contribution in [0.4, 0.5) is 0 Å². The standard InChI is InChI=1S/C19H14N2/c1-13-9-10-17-15(12-13)19(18-8-4-5-11-20-18)14-6-2-3-7-16(14)21-17/h2-12H,1H3. The molecule has 0 fully saturated rings. The highest BCUT2D eigenvalue weighted by atomic mass is 14.7. The second kappa shape index (κ2) is 4.67. The summed E-state index contributed by atoms with van der Waals surface area (Å²) in [6.07, 6.45) is 1.84. The molecule has 2 aromatic heterocycles. The molecule has 2 nitrogen and oxygen atoms in total. The van der Waals surface area contributed by atoms with Gasteiger partial charge in [0.1, 0.15) is 0 Å². The Morgan fingerprint density at radius 2 is 1.57 bits per heavy atom. The maximum Gasteiger partial charge on any atom is 0.0716 e. The number of aryl methyl sites for hydroxylation is 1. The van der Waals surface area contributed by atoms with Crippen LogP contribution < -0.4 is 0 Å². The van der Waals surface area contributed by atoms with Gasteiger partial charge in [0.05, 0.1) is 16.7 Å². The molecule has 0 saturated carbocycles. The Hall–Kier alpha value is -2.74. The summed E-state index contributed by atoms with van der Waals surface area (Å²) in [5.74, 6) is 0. The van der Waals surface area contributed by atoms with Gasteiger partial charge in [-0.1, -0.05) is 35.9 Å². The van der Waals surface area contributed by atoms with Crippen LogP contribution in [0.3, 0.4) is 0 Å². The molecule has 0 aliphatic carbocycles. The smallest absolute Gasteiger partial charge is 0.0716 e. The van der Waals surface area contributed by atoms with Gasteiger partial charge in [-0.05, 0) is 37.3 Å². The molecule has 4 rings (SSSR count). The molecule has 4 aromatic rings. The lowest BCUT2D eigenvalue weighted by Crippen LogP contribution is -1.91. The van der Waals surface area contributed by atoms with Crippen LogP contribution in [-0.2, 0) is 0 Å². The Labute approximate surface area is 123 Å². The lowest BCUT2D eigenvalue weighted by Gasteiger charge is -2.11. The molecule has 0 amide bonds. The molecule has 2 heteroatoms. The summed E-state index contributed by atoms with van der Waals surface area (Å²) in [6, 6.07) is 20.7. The zero-order chi connectivity index (χ0) is 14.2. The van der Waals surface area contributed by atoms with Crippen LogP contribution in [0.25, 0.3) is 33.1 Å². The average molecular weight is 270 g/mol. The van der Waals surface area contributed by atoms with Gasteiger partial charge in [0.15, 0.2) is 0 Å². The molecule has 0 N–H and O–H groups in total. The highest BCUT2D eigenvalue weighted by molar-refractivity contribution is 6.08. The van der Waals surface area contributed by atoms with Gasteiger partial charge in [0, 0.05) is 22.5 Å². The van der Waals surface area contributed by atoms with Gasteiger partial charge in [-0.25, -0.2) is 4.98 Å². The SMILES string of the molecule is Cc1ccc2nc3ccccc3c(-c3ccccn3)c2c1. The normalized spacial score (nSPS) is 11.1. The number of para-hydroxylation sites is 1. The van der Waals surface area contributed by atoms with Crippen LogP contribution in [0.1, 0.15) is 5.56 Å². The molecular formula is C19H14N2. The van der Waals surface area contributed by atoms with Crippen molar-refractivity contribution in [2.75, 3.05) is 0 Å². The van der Waals surface area contributed by atoms with Crippen LogP contribution >= 0.6 is 0 Å². The molecular weight excluding hydrogens is 256 g/mol. The molecule has 21 heavy (non-hydrogen) atoms. The predicted molar refractivity (Wildman–Crippen MR) is 87.2 cm³/mol. The van der Waals surface area contributed by atoms with E-state index in [4.69, 9.17) is 4.98 Å². The molecule has 0 atom stereocenters. The van der Waals surface area contributed by atoms with Gasteiger partial charge in [0.25, 0.3) is 0 Å². The second-order valence-corrected chi connectivity index (χ2v) is 5.24. The Balaban J connectivity index is 2.24. The van der Waals surface area contributed by atoms with Gasteiger partial charge in [-0.15, -0.1) is 0 Å². The number of nitrogens with zero attached hydrogens (tertiary/aromatic N) is 2. The predicted octanol–water partition coefficient (Wildman–Crippen LogP) is 4.76. The monoisotopic (exact) mass is 270 g/mol. The zero-order valence-corrected chi connectivity index (χ0v) is 11.7. The number of hydrogen-bond donors (Lipinski definition) is 0. The average Bonchev–Trinajstić information content (AvgIpc) is 2.53. The highest BCUT2D eigenvalue weighted by Gasteiger charge is 2.11. The van der Waals surface area contributed by atoms with Crippen molar-refractivity contribution in [1.29, 1.82) is 0 Å². The summed E-state index contributed by atoms with van der Waals surface area (Å²) in [5, 5.41) is 2.31. The summed E-state index contributed by atoms with van der Waals surface area (Å²) in [7, 11) is 0. The van der Waals surface area contributed by atoms with E-state index >= 15 is 0 Å². The minimum Gasteiger partial charge on any atom is -0.256 e. The Morgan fingerprint density at radius 1 is 0.762 bits per heavy atom. The van der Waals surface area contributed by atoms with E-state index in [0.29, 0.717) is 0 Å². The minimum absolute atomic E-state index is 0.992. The Bertz CT molecular complexity index is 943. The number of pyridine rings is 2. The Morgan fingerprint density at radius 3 is 2.43 bits per heavy atom. The van der Waals surface area contributed by atoms with Crippen LogP contribution in [0.15, 0.2) is 66.9 Å². The van der Waals surface area contributed by atoms with Crippen LogP contribution in [-0.4, -0.2) is 9.97 Å². The molecule has 0 spiro atoms. The largest absolute Gasteiger partial charge is 0.256 e. The van der Waals surface area contributed by atoms with Crippen molar-refractivity contribution in [3.8, 4) is 11.3 Å². The summed E-state index contributed by atoms with van der Waals surface area (Å²) < 4.78 is 0. The summed E-state index contributed by atoms with van der Waals surface area (Å²) >= 11 is 0. The first-order valence-electron chi connectivity index (χ1n) is 7.03. The quantitative estimate of drug-likeness (QED) is 0.466. The summed E-state index contributed by atoms with van der Waals surface area (Å²) in [4.78, 5) is 9.33. The first-order chi connectivity index (χ1) is 10.3. The minimum atomic E-state index is 0.992. The van der Waals surface area contributed by atoms with Crippen LogP contribution in [0, 0.1) is 6.92 Å². The van der Waals surface area contributed by atoms with E-state index in [0.717, 1.165) is 27.5 Å². The second-order valence-electron chi connectivity index (χ2n) is 5.24. The lowest BCUT2D eigenvalue weighted by atomic mass is 9.98. The van der Waals surface area contributed by atoms with Crippen molar-refractivity contribution in [1.82, 2.24) is 9.97 Å². The number of rotatable bonds is 1. The van der Waals surface area contributed by atoms with E-state index in [-0.39, 0.29) is 0 Å². The molecule has 2 aromatic carbocycles. The molecule has 100 valence electrons. The van der Waals surface area contributed by atoms with Crippen molar-refractivity contribution in [3.63, 3.8) is 0 Å². The van der Waals surface area contributed by atoms with E-state index in [9.17, 15) is 0 Å². The Kier molecular flexibility index (Phi) is 2.68. The fourth-order valence-corrected chi connectivity index (χ4v) is 2.79. The van der Waals surface area contributed by atoms with Crippen molar-refractivity contribution in [3.05, 3.63) is 72.4 Å². The lowest BCUT2D eigenvalue weighted by molar-refractivity contribution is 1.33. The number of fused-ring (bicyclic) bond motifs is 2. The third-order valence-electron chi connectivity index (χ3n) is 3.76. The molecule has 0 aliphatic rings. The van der Waals surface area contributed by atoms with Gasteiger partial charge >= 0.3 is 0 Å². The van der Waals surface area contributed by atoms with Gasteiger partial charge < -0.3 is 0 Å². The summed E-state index contributed by atoms with van der Waals surface area (Å²) in [6.45, 7) is 2.11. The molecule has 0 aliphatic heterocycles. The first-order valence-corrected chi connectivity index (χ1v) is 7.03. The molecule has 0 saturated heterocycles. The maximum absolute atomic E-state index is 4.78. The van der Waals surface area contributed by atoms with Crippen molar-refractivity contribution >= 4 is 21.8 Å². The fourth-order valence-electron chi connectivity index (χ4n) is 2.79. The van der Waals surface area contributed by atoms with Crippen LogP contribution in [0.2, 0.25) is 0 Å². The molecule has 0 bridgehead atoms. The third-order valence-corrected chi connectivity index (χ3v) is 3.76. The highest BCUT2D eigenvalue weighted by Crippen LogP contribution is 2.33. The summed E-state index contributed by atoms with van der Waals surface area (Å²) in [5.41, 5.74) is 5.41. The van der Waals surface area contributed by atoms with E-state index in [1.54, 1.807) is 0 Å². The van der Waals surface area contributed by atoms with Gasteiger partial charge in [0.2, 0.25) is 0 Å². The van der Waals surface area contributed by atoms with E-state index in [1.807, 2.05) is 24.4 Å². The van der Waals surface area contributed by atoms with E-state index < -0.39 is 0 Å². The van der Waals surface area contributed by atoms with E-state index in [2.05, 4.69) is 54.4 Å². The van der Waals surface area contributed by atoms with Crippen molar-refractivity contribution in [2.24, 2.45) is 0 Å². The van der Waals surface area contributed by atoms with Gasteiger partial charge in [-0.2, -0.15) is 0 Å². The molecule has 0 unspecified atom stereocenters. The molecule has 2 heterocycles.